The van der Waals surface area contributed by atoms with Crippen molar-refractivity contribution in [1.82, 2.24) is 24.8 Å². The number of hydrogen-bond donors (Lipinski definition) is 1. The Morgan fingerprint density at radius 1 is 0.884 bits per heavy atom. The highest BCUT2D eigenvalue weighted by molar-refractivity contribution is 7.99. The first-order valence-electron chi connectivity index (χ1n) is 13.8. The first kappa shape index (κ1) is 28.0. The van der Waals surface area contributed by atoms with Gasteiger partial charge in [-0.05, 0) is 79.2 Å². The van der Waals surface area contributed by atoms with Crippen molar-refractivity contribution in [2.24, 2.45) is 5.10 Å². The van der Waals surface area contributed by atoms with E-state index in [4.69, 9.17) is 9.47 Å². The molecular weight excluding hydrogens is 560 g/mol. The van der Waals surface area contributed by atoms with Crippen LogP contribution in [-0.4, -0.2) is 51.4 Å². The molecule has 0 atom stereocenters. The van der Waals surface area contributed by atoms with Crippen LogP contribution in [0.5, 0.6) is 11.5 Å². The molecule has 0 unspecified atom stereocenters. The Morgan fingerprint density at radius 2 is 1.58 bits per heavy atom. The molecule has 4 aromatic carbocycles. The minimum atomic E-state index is -0.250. The third-order valence-electron chi connectivity index (χ3n) is 7.16. The van der Waals surface area contributed by atoms with Gasteiger partial charge in [-0.3, -0.25) is 9.36 Å². The molecule has 9 nitrogen and oxygen atoms in total. The van der Waals surface area contributed by atoms with Gasteiger partial charge in [0.15, 0.2) is 11.0 Å². The lowest BCUT2D eigenvalue weighted by Gasteiger charge is -2.11. The average molecular weight is 591 g/mol. The molecule has 10 heteroatoms. The largest absolute Gasteiger partial charge is 0.497 e. The first-order chi connectivity index (χ1) is 21.1. The van der Waals surface area contributed by atoms with E-state index in [0.717, 1.165) is 40.2 Å². The highest BCUT2D eigenvalue weighted by Gasteiger charge is 2.18. The highest BCUT2D eigenvalue weighted by atomic mass is 32.2. The fraction of sp³-hybridized carbons (Fsp3) is 0.152. The lowest BCUT2D eigenvalue weighted by atomic mass is 10.1. The zero-order chi connectivity index (χ0) is 29.8. The predicted octanol–water partition coefficient (Wildman–Crippen LogP) is 6.32. The number of carbonyl (C=O) groups is 1. The Hall–Kier alpha value is -5.09. The zero-order valence-electron chi connectivity index (χ0n) is 24.0. The van der Waals surface area contributed by atoms with E-state index in [1.165, 1.54) is 28.2 Å². The maximum absolute atomic E-state index is 12.8. The predicted molar refractivity (Wildman–Crippen MR) is 171 cm³/mol. The number of hydrogen-bond acceptors (Lipinski definition) is 7. The molecule has 0 radical (unpaired) electrons. The molecule has 43 heavy (non-hydrogen) atoms. The number of nitrogens with zero attached hydrogens (tertiary/aromatic N) is 5. The van der Waals surface area contributed by atoms with E-state index in [1.54, 1.807) is 20.4 Å². The molecule has 2 aromatic heterocycles. The molecule has 0 fully saturated rings. The summed E-state index contributed by atoms with van der Waals surface area (Å²) >= 11 is 1.28. The van der Waals surface area contributed by atoms with Crippen LogP contribution in [0.3, 0.4) is 0 Å². The lowest BCUT2D eigenvalue weighted by Crippen LogP contribution is -2.20. The van der Waals surface area contributed by atoms with Crippen molar-refractivity contribution < 1.29 is 14.3 Å². The van der Waals surface area contributed by atoms with Crippen molar-refractivity contribution in [3.8, 4) is 28.6 Å². The number of carbonyl (C=O) groups excluding carboxylic acids is 1. The summed E-state index contributed by atoms with van der Waals surface area (Å²) in [6.07, 6.45) is 1.67. The van der Waals surface area contributed by atoms with Crippen LogP contribution >= 0.6 is 11.8 Å². The molecule has 0 spiro atoms. The van der Waals surface area contributed by atoms with E-state index in [-0.39, 0.29) is 11.7 Å². The second-order valence-corrected chi connectivity index (χ2v) is 10.6. The van der Waals surface area contributed by atoms with Crippen LogP contribution in [0.2, 0.25) is 0 Å². The molecular formula is C33H30N6O3S. The summed E-state index contributed by atoms with van der Waals surface area (Å²) in [6.45, 7) is 3.03. The smallest absolute Gasteiger partial charge is 0.250 e. The topological polar surface area (TPSA) is 95.6 Å². The summed E-state index contributed by atoms with van der Waals surface area (Å²) in [5, 5.41) is 16.0. The van der Waals surface area contributed by atoms with Gasteiger partial charge >= 0.3 is 0 Å². The SMILES string of the molecule is CCn1c2ccccc2c2cc(C=NNC(=O)CSc3nnc(-c4ccc(OC)cc4)n3-c3ccc(OC)cc3)ccc21. The van der Waals surface area contributed by atoms with Crippen LogP contribution < -0.4 is 14.9 Å². The molecule has 216 valence electrons. The fourth-order valence-corrected chi connectivity index (χ4v) is 5.83. The van der Waals surface area contributed by atoms with Crippen LogP contribution in [0, 0.1) is 0 Å². The molecule has 0 aliphatic rings. The Kier molecular flexibility index (Phi) is 8.10. The Labute approximate surface area is 253 Å². The normalized spacial score (nSPS) is 11.4. The molecule has 0 saturated heterocycles. The lowest BCUT2D eigenvalue weighted by molar-refractivity contribution is -0.118. The summed E-state index contributed by atoms with van der Waals surface area (Å²) in [5.74, 6) is 1.99. The molecule has 0 bridgehead atoms. The van der Waals surface area contributed by atoms with E-state index in [0.29, 0.717) is 11.0 Å². The van der Waals surface area contributed by atoms with Gasteiger partial charge in [0.2, 0.25) is 0 Å². The van der Waals surface area contributed by atoms with Gasteiger partial charge in [-0.25, -0.2) is 5.43 Å². The monoisotopic (exact) mass is 590 g/mol. The second-order valence-electron chi connectivity index (χ2n) is 9.69. The maximum Gasteiger partial charge on any atom is 0.250 e. The van der Waals surface area contributed by atoms with Gasteiger partial charge in [-0.2, -0.15) is 5.10 Å². The number of nitrogens with one attached hydrogen (secondary N) is 1. The van der Waals surface area contributed by atoms with Crippen LogP contribution in [-0.2, 0) is 11.3 Å². The number of rotatable bonds is 10. The summed E-state index contributed by atoms with van der Waals surface area (Å²) < 4.78 is 14.8. The molecule has 1 N–H and O–H groups in total. The Bertz CT molecular complexity index is 1930. The van der Waals surface area contributed by atoms with Crippen LogP contribution in [0.1, 0.15) is 12.5 Å². The van der Waals surface area contributed by atoms with Crippen molar-refractivity contribution in [2.45, 2.75) is 18.6 Å². The summed E-state index contributed by atoms with van der Waals surface area (Å²) in [5.41, 5.74) is 7.64. The standard InChI is InChI=1S/C33H30N6O3S/c1-4-38-29-8-6-5-7-27(29)28-19-22(9-18-30(28)38)20-34-35-31(40)21-43-33-37-36-32(23-10-14-25(41-2)15-11-23)39(33)24-12-16-26(42-3)17-13-24/h5-20H,4,21H2,1-3H3,(H,35,40). The maximum atomic E-state index is 12.8. The van der Waals surface area contributed by atoms with Crippen LogP contribution in [0.25, 0.3) is 38.9 Å². The van der Waals surface area contributed by atoms with E-state index >= 15 is 0 Å². The second kappa shape index (κ2) is 12.4. The minimum absolute atomic E-state index is 0.108. The highest BCUT2D eigenvalue weighted by Crippen LogP contribution is 2.31. The number of para-hydroxylation sites is 1. The van der Waals surface area contributed by atoms with Gasteiger partial charge in [0, 0.05) is 39.6 Å². The third-order valence-corrected chi connectivity index (χ3v) is 8.09. The quantitative estimate of drug-likeness (QED) is 0.114. The van der Waals surface area contributed by atoms with E-state index < -0.39 is 0 Å². The number of aryl methyl sites for hydroxylation is 1. The average Bonchev–Trinajstić information content (AvgIpc) is 3.62. The first-order valence-corrected chi connectivity index (χ1v) is 14.8. The molecule has 6 rings (SSSR count). The van der Waals surface area contributed by atoms with Gasteiger partial charge < -0.3 is 14.0 Å². The van der Waals surface area contributed by atoms with Gasteiger partial charge in [0.25, 0.3) is 5.91 Å². The summed E-state index contributed by atoms with van der Waals surface area (Å²) in [7, 11) is 3.26. The number of amides is 1. The van der Waals surface area contributed by atoms with Gasteiger partial charge in [0.1, 0.15) is 11.5 Å². The van der Waals surface area contributed by atoms with E-state index in [2.05, 4.69) is 68.6 Å². The molecule has 6 aromatic rings. The number of thioether (sulfide) groups is 1. The molecule has 0 aliphatic carbocycles. The zero-order valence-corrected chi connectivity index (χ0v) is 24.8. The molecule has 1 amide bonds. The Morgan fingerprint density at radius 3 is 2.30 bits per heavy atom. The van der Waals surface area contributed by atoms with Gasteiger partial charge in [0.05, 0.1) is 26.2 Å². The van der Waals surface area contributed by atoms with Crippen molar-refractivity contribution >= 4 is 45.7 Å². The van der Waals surface area contributed by atoms with Crippen LogP contribution in [0.4, 0.5) is 0 Å². The number of fused-ring (bicyclic) bond motifs is 3. The van der Waals surface area contributed by atoms with E-state index in [1.807, 2.05) is 59.2 Å². The van der Waals surface area contributed by atoms with Crippen molar-refractivity contribution in [3.63, 3.8) is 0 Å². The Balaban J connectivity index is 1.18. The number of methoxy groups -OCH3 is 2. The summed E-state index contributed by atoms with van der Waals surface area (Å²) in [4.78, 5) is 12.8. The van der Waals surface area contributed by atoms with Crippen LogP contribution in [0.15, 0.2) is 101 Å². The number of ether oxygens (including phenoxy) is 2. The van der Waals surface area contributed by atoms with Gasteiger partial charge in [-0.15, -0.1) is 10.2 Å². The molecule has 2 heterocycles. The third kappa shape index (κ3) is 5.69. The number of benzene rings is 4. The number of aromatic nitrogens is 4. The van der Waals surface area contributed by atoms with Crippen molar-refractivity contribution in [1.29, 1.82) is 0 Å². The van der Waals surface area contributed by atoms with Crippen molar-refractivity contribution in [3.05, 3.63) is 96.6 Å². The summed E-state index contributed by atoms with van der Waals surface area (Å²) in [6, 6.07) is 29.8. The number of hydrazone groups is 1. The fourth-order valence-electron chi connectivity index (χ4n) is 5.09. The van der Waals surface area contributed by atoms with E-state index in [9.17, 15) is 4.79 Å². The van der Waals surface area contributed by atoms with Gasteiger partial charge in [-0.1, -0.05) is 36.0 Å². The minimum Gasteiger partial charge on any atom is -0.497 e. The van der Waals surface area contributed by atoms with Crippen molar-refractivity contribution in [2.75, 3.05) is 20.0 Å². The molecule has 0 saturated carbocycles. The molecule has 0 aliphatic heterocycles.